The first-order valence-corrected chi connectivity index (χ1v) is 8.03. The van der Waals surface area contributed by atoms with Crippen LogP contribution in [-0.4, -0.2) is 10.6 Å². The molecule has 0 spiro atoms. The first kappa shape index (κ1) is 13.7. The summed E-state index contributed by atoms with van der Waals surface area (Å²) in [4.78, 5) is 0. The second kappa shape index (κ2) is 6.01. The van der Waals surface area contributed by atoms with Crippen LogP contribution >= 0.6 is 0 Å². The van der Waals surface area contributed by atoms with Gasteiger partial charge in [0.15, 0.2) is 0 Å². The number of hydrogen-bond acceptors (Lipinski definition) is 1. The summed E-state index contributed by atoms with van der Waals surface area (Å²) in [6, 6.07) is 9.94. The second-order valence-electron chi connectivity index (χ2n) is 6.59. The minimum atomic E-state index is 0.784. The van der Waals surface area contributed by atoms with Crippen molar-refractivity contribution in [1.29, 1.82) is 0 Å². The molecular weight excluding hydrogens is 244 g/mol. The molecule has 1 heterocycles. The van der Waals surface area contributed by atoms with Crippen molar-refractivity contribution in [2.24, 2.45) is 5.92 Å². The van der Waals surface area contributed by atoms with Gasteiger partial charge in [0.2, 0.25) is 0 Å². The van der Waals surface area contributed by atoms with Gasteiger partial charge in [0.05, 0.1) is 0 Å². The molecule has 1 aromatic carbocycles. The molecule has 1 fully saturated rings. The van der Waals surface area contributed by atoms with Crippen LogP contribution in [0.15, 0.2) is 30.5 Å². The van der Waals surface area contributed by atoms with E-state index in [1.165, 1.54) is 42.1 Å². The van der Waals surface area contributed by atoms with E-state index in [0.717, 1.165) is 25.0 Å². The highest BCUT2D eigenvalue weighted by Crippen LogP contribution is 2.21. The average molecular weight is 270 g/mol. The van der Waals surface area contributed by atoms with Crippen LogP contribution in [0.25, 0.3) is 10.9 Å². The van der Waals surface area contributed by atoms with Gasteiger partial charge in [-0.05, 0) is 60.7 Å². The first-order chi connectivity index (χ1) is 9.72. The summed E-state index contributed by atoms with van der Waals surface area (Å²) in [6.07, 6.45) is 7.53. The molecule has 3 rings (SSSR count). The van der Waals surface area contributed by atoms with Gasteiger partial charge in [-0.1, -0.05) is 19.9 Å². The van der Waals surface area contributed by atoms with Gasteiger partial charge in [0.25, 0.3) is 0 Å². The van der Waals surface area contributed by atoms with Crippen LogP contribution in [0.5, 0.6) is 0 Å². The molecule has 0 radical (unpaired) electrons. The highest BCUT2D eigenvalue weighted by molar-refractivity contribution is 5.80. The molecule has 0 amide bonds. The molecule has 2 aromatic rings. The van der Waals surface area contributed by atoms with Crippen LogP contribution in [0.3, 0.4) is 0 Å². The monoisotopic (exact) mass is 270 g/mol. The van der Waals surface area contributed by atoms with Gasteiger partial charge in [-0.25, -0.2) is 0 Å². The smallest absolute Gasteiger partial charge is 0.0480 e. The number of benzene rings is 1. The minimum absolute atomic E-state index is 0.784. The van der Waals surface area contributed by atoms with Crippen LogP contribution < -0.4 is 5.32 Å². The fourth-order valence-corrected chi connectivity index (χ4v) is 2.77. The number of aryl methyl sites for hydroxylation is 1. The summed E-state index contributed by atoms with van der Waals surface area (Å²) in [7, 11) is 0. The maximum Gasteiger partial charge on any atom is 0.0480 e. The summed E-state index contributed by atoms with van der Waals surface area (Å²) in [5, 5.41) is 4.96. The van der Waals surface area contributed by atoms with Crippen molar-refractivity contribution in [3.8, 4) is 0 Å². The van der Waals surface area contributed by atoms with Crippen molar-refractivity contribution in [3.05, 3.63) is 36.0 Å². The Hall–Kier alpha value is -1.28. The predicted octanol–water partition coefficient (Wildman–Crippen LogP) is 4.33. The highest BCUT2D eigenvalue weighted by Gasteiger charge is 2.19. The largest absolute Gasteiger partial charge is 0.347 e. The number of hydrogen-bond donors (Lipinski definition) is 1. The van der Waals surface area contributed by atoms with Gasteiger partial charge in [-0.3, -0.25) is 0 Å². The Morgan fingerprint density at radius 2 is 2.10 bits per heavy atom. The Balaban J connectivity index is 1.65. The normalized spacial score (nSPS) is 15.3. The number of rotatable bonds is 7. The number of nitrogens with one attached hydrogen (secondary N) is 1. The lowest BCUT2D eigenvalue weighted by Crippen LogP contribution is -2.15. The summed E-state index contributed by atoms with van der Waals surface area (Å²) in [5.74, 6) is 0.803. The lowest BCUT2D eigenvalue weighted by atomic mass is 10.1. The van der Waals surface area contributed by atoms with E-state index in [1.54, 1.807) is 0 Å². The van der Waals surface area contributed by atoms with Crippen molar-refractivity contribution in [3.63, 3.8) is 0 Å². The first-order valence-electron chi connectivity index (χ1n) is 8.03. The Bertz CT molecular complexity index is 564. The van der Waals surface area contributed by atoms with Crippen molar-refractivity contribution in [1.82, 2.24) is 9.88 Å². The van der Waals surface area contributed by atoms with Crippen LogP contribution in [-0.2, 0) is 13.1 Å². The number of fused-ring (bicyclic) bond motifs is 1. The van der Waals surface area contributed by atoms with E-state index in [4.69, 9.17) is 0 Å². The molecule has 0 bridgehead atoms. The summed E-state index contributed by atoms with van der Waals surface area (Å²) < 4.78 is 2.40. The number of nitrogens with zero attached hydrogens (tertiary/aromatic N) is 1. The molecule has 0 aliphatic heterocycles. The van der Waals surface area contributed by atoms with Gasteiger partial charge >= 0.3 is 0 Å². The van der Waals surface area contributed by atoms with E-state index in [1.807, 2.05) is 0 Å². The molecular formula is C18H26N2. The number of aromatic nitrogens is 1. The third kappa shape index (κ3) is 3.43. The Kier molecular flexibility index (Phi) is 4.11. The standard InChI is InChI=1S/C18H26N2/c1-14(2)4-3-10-20-11-9-16-12-15(5-8-18(16)20)13-19-17-6-7-17/h5,8-9,11-12,14,17,19H,3-4,6-7,10,13H2,1-2H3. The average Bonchev–Trinajstić information content (AvgIpc) is 3.17. The van der Waals surface area contributed by atoms with E-state index in [2.05, 4.69) is 54.2 Å². The van der Waals surface area contributed by atoms with E-state index in [9.17, 15) is 0 Å². The molecule has 0 saturated heterocycles. The Morgan fingerprint density at radius 3 is 2.85 bits per heavy atom. The molecule has 108 valence electrons. The molecule has 1 aliphatic rings. The minimum Gasteiger partial charge on any atom is -0.347 e. The van der Waals surface area contributed by atoms with Gasteiger partial charge in [-0.2, -0.15) is 0 Å². The lowest BCUT2D eigenvalue weighted by molar-refractivity contribution is 0.518. The molecule has 1 saturated carbocycles. The SMILES string of the molecule is CC(C)CCCn1ccc2cc(CNC3CC3)ccc21. The van der Waals surface area contributed by atoms with Gasteiger partial charge in [-0.15, -0.1) is 0 Å². The van der Waals surface area contributed by atoms with Crippen LogP contribution in [0.4, 0.5) is 0 Å². The lowest BCUT2D eigenvalue weighted by Gasteiger charge is -2.08. The van der Waals surface area contributed by atoms with Crippen molar-refractivity contribution >= 4 is 10.9 Å². The fraction of sp³-hybridized carbons (Fsp3) is 0.556. The molecule has 1 aliphatic carbocycles. The second-order valence-corrected chi connectivity index (χ2v) is 6.59. The van der Waals surface area contributed by atoms with Crippen molar-refractivity contribution < 1.29 is 0 Å². The molecule has 2 nitrogen and oxygen atoms in total. The topological polar surface area (TPSA) is 17.0 Å². The van der Waals surface area contributed by atoms with Gasteiger partial charge in [0, 0.05) is 30.8 Å². The van der Waals surface area contributed by atoms with Crippen molar-refractivity contribution in [2.45, 2.75) is 58.7 Å². The molecule has 0 atom stereocenters. The van der Waals surface area contributed by atoms with Gasteiger partial charge in [0.1, 0.15) is 0 Å². The third-order valence-electron chi connectivity index (χ3n) is 4.19. The van der Waals surface area contributed by atoms with E-state index >= 15 is 0 Å². The molecule has 0 unspecified atom stereocenters. The zero-order valence-electron chi connectivity index (χ0n) is 12.7. The molecule has 1 aromatic heterocycles. The van der Waals surface area contributed by atoms with Crippen molar-refractivity contribution in [2.75, 3.05) is 0 Å². The summed E-state index contributed by atoms with van der Waals surface area (Å²) >= 11 is 0. The Labute approximate surface area is 122 Å². The zero-order valence-corrected chi connectivity index (χ0v) is 12.7. The Morgan fingerprint density at radius 1 is 1.25 bits per heavy atom. The van der Waals surface area contributed by atoms with E-state index < -0.39 is 0 Å². The fourth-order valence-electron chi connectivity index (χ4n) is 2.77. The zero-order chi connectivity index (χ0) is 13.9. The van der Waals surface area contributed by atoms with E-state index in [-0.39, 0.29) is 0 Å². The van der Waals surface area contributed by atoms with Crippen LogP contribution in [0.1, 0.15) is 45.1 Å². The summed E-state index contributed by atoms with van der Waals surface area (Å²) in [6.45, 7) is 6.75. The molecule has 2 heteroatoms. The summed E-state index contributed by atoms with van der Waals surface area (Å²) in [5.41, 5.74) is 2.79. The molecule has 1 N–H and O–H groups in total. The highest BCUT2D eigenvalue weighted by atomic mass is 15.0. The van der Waals surface area contributed by atoms with Crippen LogP contribution in [0, 0.1) is 5.92 Å². The molecule has 20 heavy (non-hydrogen) atoms. The quantitative estimate of drug-likeness (QED) is 0.792. The third-order valence-corrected chi connectivity index (χ3v) is 4.19. The maximum atomic E-state index is 3.58. The van der Waals surface area contributed by atoms with Gasteiger partial charge < -0.3 is 9.88 Å². The van der Waals surface area contributed by atoms with Crippen LogP contribution in [0.2, 0.25) is 0 Å². The predicted molar refractivity (Wildman–Crippen MR) is 85.9 cm³/mol. The van der Waals surface area contributed by atoms with E-state index in [0.29, 0.717) is 0 Å². The maximum absolute atomic E-state index is 3.58.